The fraction of sp³-hybridized carbons (Fsp3) is 0.0870. The maximum Gasteiger partial charge on any atom is 0.183 e. The molecule has 0 aliphatic rings. The van der Waals surface area contributed by atoms with E-state index in [0.717, 1.165) is 39.3 Å². The SMILES string of the molecule is Cc1cncc(-c2nc(NCc3ccncn3)c3c(-c4ccccc4)ccn3n2)c1. The van der Waals surface area contributed by atoms with Crippen molar-refractivity contribution in [1.29, 1.82) is 0 Å². The van der Waals surface area contributed by atoms with E-state index in [1.165, 1.54) is 0 Å². The third-order valence-corrected chi connectivity index (χ3v) is 4.81. The van der Waals surface area contributed by atoms with Crippen LogP contribution in [-0.4, -0.2) is 29.5 Å². The summed E-state index contributed by atoms with van der Waals surface area (Å²) in [5.41, 5.74) is 5.91. The van der Waals surface area contributed by atoms with Crippen LogP contribution in [0.4, 0.5) is 5.82 Å². The first-order chi connectivity index (χ1) is 14.8. The predicted octanol–water partition coefficient (Wildman–Crippen LogP) is 4.17. The maximum absolute atomic E-state index is 4.86. The van der Waals surface area contributed by atoms with Gasteiger partial charge in [0.25, 0.3) is 0 Å². The first-order valence-corrected chi connectivity index (χ1v) is 9.63. The molecule has 0 amide bonds. The second-order valence-corrected chi connectivity index (χ2v) is 6.98. The zero-order valence-corrected chi connectivity index (χ0v) is 16.4. The summed E-state index contributed by atoms with van der Waals surface area (Å²) in [6, 6.07) is 16.2. The van der Waals surface area contributed by atoms with Crippen LogP contribution in [0.3, 0.4) is 0 Å². The van der Waals surface area contributed by atoms with Crippen LogP contribution in [0.1, 0.15) is 11.3 Å². The highest BCUT2D eigenvalue weighted by molar-refractivity contribution is 5.89. The minimum absolute atomic E-state index is 0.528. The highest BCUT2D eigenvalue weighted by atomic mass is 15.3. The minimum atomic E-state index is 0.528. The number of hydrogen-bond donors (Lipinski definition) is 1. The molecule has 0 atom stereocenters. The second-order valence-electron chi connectivity index (χ2n) is 6.98. The topological polar surface area (TPSA) is 80.9 Å². The van der Waals surface area contributed by atoms with Crippen molar-refractivity contribution in [2.24, 2.45) is 0 Å². The van der Waals surface area contributed by atoms with Gasteiger partial charge in [0, 0.05) is 35.9 Å². The monoisotopic (exact) mass is 393 g/mol. The molecule has 0 saturated carbocycles. The standard InChI is InChI=1S/C23H19N7/c1-16-11-18(13-25-12-16)22-28-23(26-14-19-7-9-24-15-27-19)21-20(8-10-30(21)29-22)17-5-3-2-4-6-17/h2-13,15H,14H2,1H3,(H,26,28,29). The van der Waals surface area contributed by atoms with Gasteiger partial charge in [-0.25, -0.2) is 19.5 Å². The molecule has 4 heterocycles. The Morgan fingerprint density at radius 1 is 0.967 bits per heavy atom. The normalized spacial score (nSPS) is 11.0. The lowest BCUT2D eigenvalue weighted by molar-refractivity contribution is 0.904. The van der Waals surface area contributed by atoms with E-state index in [4.69, 9.17) is 10.1 Å². The van der Waals surface area contributed by atoms with Gasteiger partial charge in [-0.15, -0.1) is 5.10 Å². The van der Waals surface area contributed by atoms with Crippen LogP contribution >= 0.6 is 0 Å². The van der Waals surface area contributed by atoms with Crippen molar-refractivity contribution in [3.8, 4) is 22.5 Å². The van der Waals surface area contributed by atoms with Gasteiger partial charge in [-0.2, -0.15) is 0 Å². The van der Waals surface area contributed by atoms with E-state index in [1.54, 1.807) is 18.7 Å². The van der Waals surface area contributed by atoms with Gasteiger partial charge in [-0.3, -0.25) is 4.98 Å². The third kappa shape index (κ3) is 3.48. The highest BCUT2D eigenvalue weighted by Crippen LogP contribution is 2.31. The molecule has 5 rings (SSSR count). The molecule has 30 heavy (non-hydrogen) atoms. The first kappa shape index (κ1) is 17.9. The summed E-state index contributed by atoms with van der Waals surface area (Å²) in [5.74, 6) is 1.35. The minimum Gasteiger partial charge on any atom is -0.363 e. The lowest BCUT2D eigenvalue weighted by Crippen LogP contribution is -2.08. The van der Waals surface area contributed by atoms with Gasteiger partial charge in [0.2, 0.25) is 0 Å². The highest BCUT2D eigenvalue weighted by Gasteiger charge is 2.15. The molecular weight excluding hydrogens is 374 g/mol. The summed E-state index contributed by atoms with van der Waals surface area (Å²) in [5, 5.41) is 8.19. The number of aromatic nitrogens is 6. The summed E-state index contributed by atoms with van der Waals surface area (Å²) >= 11 is 0. The molecule has 146 valence electrons. The van der Waals surface area contributed by atoms with Crippen LogP contribution < -0.4 is 5.32 Å². The van der Waals surface area contributed by atoms with Gasteiger partial charge in [0.05, 0.1) is 12.2 Å². The smallest absolute Gasteiger partial charge is 0.183 e. The van der Waals surface area contributed by atoms with Gasteiger partial charge in [-0.05, 0) is 36.2 Å². The Labute approximate surface area is 173 Å². The van der Waals surface area contributed by atoms with Crippen LogP contribution in [0.5, 0.6) is 0 Å². The van der Waals surface area contributed by atoms with Gasteiger partial charge >= 0.3 is 0 Å². The number of nitrogens with one attached hydrogen (secondary N) is 1. The lowest BCUT2D eigenvalue weighted by Gasteiger charge is -2.11. The van der Waals surface area contributed by atoms with Gasteiger partial charge in [0.15, 0.2) is 11.6 Å². The number of nitrogens with zero attached hydrogens (tertiary/aromatic N) is 6. The molecule has 0 spiro atoms. The molecule has 0 unspecified atom stereocenters. The number of rotatable bonds is 5. The average molecular weight is 393 g/mol. The van der Waals surface area contributed by atoms with E-state index >= 15 is 0 Å². The van der Waals surface area contributed by atoms with Gasteiger partial charge in [-0.1, -0.05) is 30.3 Å². The number of aryl methyl sites for hydroxylation is 1. The van der Waals surface area contributed by atoms with Crippen LogP contribution in [-0.2, 0) is 6.54 Å². The predicted molar refractivity (Wildman–Crippen MR) is 116 cm³/mol. The fourth-order valence-corrected chi connectivity index (χ4v) is 3.40. The average Bonchev–Trinajstić information content (AvgIpc) is 3.23. The summed E-state index contributed by atoms with van der Waals surface area (Å²) in [7, 11) is 0. The van der Waals surface area contributed by atoms with Crippen molar-refractivity contribution in [2.75, 3.05) is 5.32 Å². The molecule has 0 bridgehead atoms. The van der Waals surface area contributed by atoms with Crippen molar-refractivity contribution >= 4 is 11.3 Å². The summed E-state index contributed by atoms with van der Waals surface area (Å²) in [6.07, 6.45) is 8.84. The molecule has 1 N–H and O–H groups in total. The number of fused-ring (bicyclic) bond motifs is 1. The number of anilines is 1. The quantitative estimate of drug-likeness (QED) is 0.483. The second kappa shape index (κ2) is 7.71. The number of benzene rings is 1. The largest absolute Gasteiger partial charge is 0.363 e. The molecule has 0 radical (unpaired) electrons. The van der Waals surface area contributed by atoms with Crippen LogP contribution in [0.15, 0.2) is 79.6 Å². The molecule has 4 aromatic heterocycles. The van der Waals surface area contributed by atoms with Gasteiger partial charge in [0.1, 0.15) is 11.8 Å². The summed E-state index contributed by atoms with van der Waals surface area (Å²) < 4.78 is 1.87. The molecule has 0 fully saturated rings. The van der Waals surface area contributed by atoms with Crippen molar-refractivity contribution in [3.05, 3.63) is 90.9 Å². The molecule has 7 heteroatoms. The maximum atomic E-state index is 4.86. The Hall–Kier alpha value is -4.13. The number of hydrogen-bond acceptors (Lipinski definition) is 6. The van der Waals surface area contributed by atoms with Crippen molar-refractivity contribution in [1.82, 2.24) is 29.5 Å². The van der Waals surface area contributed by atoms with Crippen molar-refractivity contribution in [3.63, 3.8) is 0 Å². The number of pyridine rings is 1. The summed E-state index contributed by atoms with van der Waals surface area (Å²) in [6.45, 7) is 2.53. The van der Waals surface area contributed by atoms with E-state index in [9.17, 15) is 0 Å². The molecule has 0 saturated heterocycles. The van der Waals surface area contributed by atoms with E-state index in [2.05, 4.69) is 38.5 Å². The van der Waals surface area contributed by atoms with E-state index in [1.807, 2.05) is 54.2 Å². The molecule has 1 aromatic carbocycles. The molecule has 0 aliphatic heterocycles. The van der Waals surface area contributed by atoms with Crippen LogP contribution in [0.25, 0.3) is 28.0 Å². The Kier molecular flexibility index (Phi) is 4.61. The van der Waals surface area contributed by atoms with Crippen molar-refractivity contribution < 1.29 is 0 Å². The fourth-order valence-electron chi connectivity index (χ4n) is 3.40. The van der Waals surface area contributed by atoms with Crippen molar-refractivity contribution in [2.45, 2.75) is 13.5 Å². The molecule has 7 nitrogen and oxygen atoms in total. The lowest BCUT2D eigenvalue weighted by atomic mass is 10.1. The van der Waals surface area contributed by atoms with E-state index in [-0.39, 0.29) is 0 Å². The zero-order valence-electron chi connectivity index (χ0n) is 16.4. The van der Waals surface area contributed by atoms with E-state index < -0.39 is 0 Å². The van der Waals surface area contributed by atoms with E-state index in [0.29, 0.717) is 12.4 Å². The Bertz CT molecular complexity index is 1300. The Morgan fingerprint density at radius 3 is 2.67 bits per heavy atom. The van der Waals surface area contributed by atoms with Crippen LogP contribution in [0.2, 0.25) is 0 Å². The first-order valence-electron chi connectivity index (χ1n) is 9.63. The van der Waals surface area contributed by atoms with Gasteiger partial charge < -0.3 is 5.32 Å². The van der Waals surface area contributed by atoms with Crippen LogP contribution in [0, 0.1) is 6.92 Å². The summed E-state index contributed by atoms with van der Waals surface area (Å²) in [4.78, 5) is 17.4. The molecule has 5 aromatic rings. The Morgan fingerprint density at radius 2 is 1.87 bits per heavy atom. The zero-order chi connectivity index (χ0) is 20.3. The third-order valence-electron chi connectivity index (χ3n) is 4.81. The Balaban J connectivity index is 1.65. The molecular formula is C23H19N7. The molecule has 0 aliphatic carbocycles.